The Hall–Kier alpha value is -0.570. The average Bonchev–Trinajstić information content (AvgIpc) is 2.86. The molecule has 0 spiro atoms. The predicted molar refractivity (Wildman–Crippen MR) is 76.6 cm³/mol. The van der Waals surface area contributed by atoms with Crippen LogP contribution in [0.2, 0.25) is 0 Å². The molecule has 1 saturated carbocycles. The summed E-state index contributed by atoms with van der Waals surface area (Å²) in [5.74, 6) is 0.707. The predicted octanol–water partition coefficient (Wildman–Crippen LogP) is 2.76. The Labute approximate surface area is 113 Å². The van der Waals surface area contributed by atoms with Crippen LogP contribution in [0.3, 0.4) is 0 Å². The average molecular weight is 254 g/mol. The molecule has 18 heavy (non-hydrogen) atoms. The lowest BCUT2D eigenvalue weighted by molar-refractivity contribution is -0.136. The topological polar surface area (TPSA) is 23.6 Å². The van der Waals surface area contributed by atoms with Crippen LogP contribution in [0.5, 0.6) is 0 Å². The number of hydrogen-bond acceptors (Lipinski definition) is 2. The summed E-state index contributed by atoms with van der Waals surface area (Å²) in [6.45, 7) is 3.27. The van der Waals surface area contributed by atoms with Crippen molar-refractivity contribution in [2.75, 3.05) is 27.7 Å². The van der Waals surface area contributed by atoms with Crippen molar-refractivity contribution in [1.82, 2.24) is 9.80 Å². The lowest BCUT2D eigenvalue weighted by Gasteiger charge is -2.31. The Balaban J connectivity index is 2.51. The van der Waals surface area contributed by atoms with Gasteiger partial charge in [0.05, 0.1) is 0 Å². The zero-order chi connectivity index (χ0) is 13.5. The fourth-order valence-electron chi connectivity index (χ4n) is 2.91. The molecule has 0 aliphatic heterocycles. The van der Waals surface area contributed by atoms with Crippen molar-refractivity contribution < 1.29 is 4.79 Å². The number of amides is 1. The summed E-state index contributed by atoms with van der Waals surface area (Å²) in [4.78, 5) is 16.7. The molecule has 0 aromatic heterocycles. The van der Waals surface area contributed by atoms with E-state index in [0.29, 0.717) is 17.9 Å². The van der Waals surface area contributed by atoms with Crippen LogP contribution in [0.25, 0.3) is 0 Å². The Morgan fingerprint density at radius 1 is 1.17 bits per heavy atom. The maximum atomic E-state index is 12.4. The highest BCUT2D eigenvalue weighted by Crippen LogP contribution is 2.27. The van der Waals surface area contributed by atoms with Gasteiger partial charge in [-0.05, 0) is 46.3 Å². The van der Waals surface area contributed by atoms with Gasteiger partial charge in [-0.25, -0.2) is 0 Å². The molecule has 1 unspecified atom stereocenters. The number of rotatable bonds is 7. The molecule has 0 heterocycles. The maximum absolute atomic E-state index is 12.4. The smallest absolute Gasteiger partial charge is 0.225 e. The molecule has 0 aromatic carbocycles. The minimum atomic E-state index is 0.314. The summed E-state index contributed by atoms with van der Waals surface area (Å²) in [7, 11) is 6.21. The van der Waals surface area contributed by atoms with E-state index < -0.39 is 0 Å². The normalized spacial score (nSPS) is 18.3. The quantitative estimate of drug-likeness (QED) is 0.697. The Bertz CT molecular complexity index is 247. The molecule has 0 bridgehead atoms. The second-order valence-electron chi connectivity index (χ2n) is 5.96. The first-order valence-corrected chi connectivity index (χ1v) is 7.47. The van der Waals surface area contributed by atoms with Crippen molar-refractivity contribution in [2.24, 2.45) is 5.92 Å². The highest BCUT2D eigenvalue weighted by atomic mass is 16.2. The monoisotopic (exact) mass is 254 g/mol. The van der Waals surface area contributed by atoms with Gasteiger partial charge in [0.15, 0.2) is 0 Å². The van der Waals surface area contributed by atoms with Crippen molar-refractivity contribution in [1.29, 1.82) is 0 Å². The molecule has 0 aromatic rings. The van der Waals surface area contributed by atoms with Gasteiger partial charge in [-0.3, -0.25) is 4.79 Å². The Morgan fingerprint density at radius 2 is 1.78 bits per heavy atom. The third kappa shape index (κ3) is 4.60. The second-order valence-corrected chi connectivity index (χ2v) is 5.96. The highest BCUT2D eigenvalue weighted by Gasteiger charge is 2.28. The van der Waals surface area contributed by atoms with Gasteiger partial charge < -0.3 is 9.80 Å². The first-order chi connectivity index (χ1) is 8.56. The SMILES string of the molecule is CCCC(CCN(C)C)N(C)C(=O)C1CCCC1. The Morgan fingerprint density at radius 3 is 2.28 bits per heavy atom. The maximum Gasteiger partial charge on any atom is 0.225 e. The summed E-state index contributed by atoms with van der Waals surface area (Å²) in [6.07, 6.45) is 8.06. The summed E-state index contributed by atoms with van der Waals surface area (Å²) in [5.41, 5.74) is 0. The molecule has 106 valence electrons. The van der Waals surface area contributed by atoms with Crippen LogP contribution in [0.15, 0.2) is 0 Å². The number of carbonyl (C=O) groups is 1. The summed E-state index contributed by atoms with van der Waals surface area (Å²) in [5, 5.41) is 0. The molecule has 3 nitrogen and oxygen atoms in total. The first kappa shape index (κ1) is 15.5. The van der Waals surface area contributed by atoms with Crippen molar-refractivity contribution in [3.05, 3.63) is 0 Å². The van der Waals surface area contributed by atoms with E-state index in [0.717, 1.165) is 38.6 Å². The molecule has 0 N–H and O–H groups in total. The van der Waals surface area contributed by atoms with E-state index in [9.17, 15) is 4.79 Å². The molecule has 1 atom stereocenters. The third-order valence-electron chi connectivity index (χ3n) is 4.13. The van der Waals surface area contributed by atoms with E-state index in [1.807, 2.05) is 11.9 Å². The lowest BCUT2D eigenvalue weighted by Crippen LogP contribution is -2.41. The summed E-state index contributed by atoms with van der Waals surface area (Å²) in [6, 6.07) is 0.422. The minimum absolute atomic E-state index is 0.314. The first-order valence-electron chi connectivity index (χ1n) is 7.47. The van der Waals surface area contributed by atoms with Gasteiger partial charge in [0, 0.05) is 19.0 Å². The molecule has 0 radical (unpaired) electrons. The van der Waals surface area contributed by atoms with E-state index in [1.54, 1.807) is 0 Å². The fraction of sp³-hybridized carbons (Fsp3) is 0.933. The minimum Gasteiger partial charge on any atom is -0.342 e. The van der Waals surface area contributed by atoms with Crippen molar-refractivity contribution in [2.45, 2.75) is 57.9 Å². The van der Waals surface area contributed by atoms with Gasteiger partial charge in [-0.15, -0.1) is 0 Å². The van der Waals surface area contributed by atoms with E-state index in [-0.39, 0.29) is 0 Å². The molecule has 3 heteroatoms. The summed E-state index contributed by atoms with van der Waals surface area (Å²) >= 11 is 0. The van der Waals surface area contributed by atoms with Crippen LogP contribution in [0, 0.1) is 5.92 Å². The van der Waals surface area contributed by atoms with Crippen LogP contribution in [-0.2, 0) is 4.79 Å². The van der Waals surface area contributed by atoms with Gasteiger partial charge in [0.1, 0.15) is 0 Å². The van der Waals surface area contributed by atoms with Gasteiger partial charge in [0.25, 0.3) is 0 Å². The summed E-state index contributed by atoms with van der Waals surface area (Å²) < 4.78 is 0. The molecule has 1 aliphatic rings. The van der Waals surface area contributed by atoms with Crippen molar-refractivity contribution in [3.63, 3.8) is 0 Å². The van der Waals surface area contributed by atoms with Gasteiger partial charge in [-0.1, -0.05) is 26.2 Å². The van der Waals surface area contributed by atoms with Gasteiger partial charge in [0.2, 0.25) is 5.91 Å². The van der Waals surface area contributed by atoms with E-state index >= 15 is 0 Å². The van der Waals surface area contributed by atoms with Crippen LogP contribution in [-0.4, -0.2) is 49.4 Å². The van der Waals surface area contributed by atoms with E-state index in [1.165, 1.54) is 12.8 Å². The zero-order valence-corrected chi connectivity index (χ0v) is 12.6. The molecule has 1 fully saturated rings. The zero-order valence-electron chi connectivity index (χ0n) is 12.6. The van der Waals surface area contributed by atoms with Crippen LogP contribution >= 0.6 is 0 Å². The van der Waals surface area contributed by atoms with Crippen LogP contribution in [0.4, 0.5) is 0 Å². The molecule has 0 saturated heterocycles. The lowest BCUT2D eigenvalue weighted by atomic mass is 10.0. The van der Waals surface area contributed by atoms with Gasteiger partial charge in [-0.2, -0.15) is 0 Å². The van der Waals surface area contributed by atoms with Crippen LogP contribution < -0.4 is 0 Å². The molecule has 1 rings (SSSR count). The third-order valence-corrected chi connectivity index (χ3v) is 4.13. The standard InChI is InChI=1S/C15H30N2O/c1-5-8-14(11-12-16(2)3)17(4)15(18)13-9-6-7-10-13/h13-14H,5-12H2,1-4H3. The van der Waals surface area contributed by atoms with Gasteiger partial charge >= 0.3 is 0 Å². The van der Waals surface area contributed by atoms with E-state index in [4.69, 9.17) is 0 Å². The highest BCUT2D eigenvalue weighted by molar-refractivity contribution is 5.79. The second kappa shape index (κ2) is 7.78. The molecular formula is C15H30N2O. The fourth-order valence-corrected chi connectivity index (χ4v) is 2.91. The van der Waals surface area contributed by atoms with Crippen molar-refractivity contribution in [3.8, 4) is 0 Å². The molecule has 1 aliphatic carbocycles. The number of hydrogen-bond donors (Lipinski definition) is 0. The molecule has 1 amide bonds. The van der Waals surface area contributed by atoms with Crippen molar-refractivity contribution >= 4 is 5.91 Å². The number of carbonyl (C=O) groups excluding carboxylic acids is 1. The largest absolute Gasteiger partial charge is 0.342 e. The van der Waals surface area contributed by atoms with E-state index in [2.05, 4.69) is 25.9 Å². The molecular weight excluding hydrogens is 224 g/mol. The van der Waals surface area contributed by atoms with Crippen LogP contribution in [0.1, 0.15) is 51.9 Å². The Kier molecular flexibility index (Phi) is 6.69. The number of nitrogens with zero attached hydrogens (tertiary/aromatic N) is 2.